The number of rotatable bonds is 10. The maximum Gasteiger partial charge on any atom is 0.191 e. The van der Waals surface area contributed by atoms with Crippen molar-refractivity contribution in [2.24, 2.45) is 0 Å². The molecule has 2 aromatic carbocycles. The minimum Gasteiger partial charge on any atom is -0.490 e. The molecule has 146 valence electrons. The quantitative estimate of drug-likeness (QED) is 0.284. The van der Waals surface area contributed by atoms with Gasteiger partial charge in [0.05, 0.1) is 6.61 Å². The number of thioether (sulfide) groups is 1. The van der Waals surface area contributed by atoms with Crippen molar-refractivity contribution in [1.29, 1.82) is 0 Å². The molecule has 0 unspecified atom stereocenters. The molecule has 8 heteroatoms. The highest BCUT2D eigenvalue weighted by Crippen LogP contribution is 2.21. The number of nitrogens with zero attached hydrogens (tertiary/aromatic N) is 3. The average Bonchev–Trinajstić information content (AvgIpc) is 3.08. The molecule has 0 aliphatic heterocycles. The maximum atomic E-state index is 13.7. The molecule has 0 saturated heterocycles. The van der Waals surface area contributed by atoms with Crippen LogP contribution in [-0.4, -0.2) is 27.1 Å². The number of benzene rings is 2. The van der Waals surface area contributed by atoms with Crippen molar-refractivity contribution in [2.45, 2.75) is 18.3 Å². The minimum absolute atomic E-state index is 0.0774. The van der Waals surface area contributed by atoms with Crippen molar-refractivity contribution in [3.8, 4) is 11.5 Å². The van der Waals surface area contributed by atoms with E-state index in [-0.39, 0.29) is 18.1 Å². The molecular formula is C20H19F2N3O2S. The highest BCUT2D eigenvalue weighted by atomic mass is 32.2. The Hall–Kier alpha value is -2.87. The van der Waals surface area contributed by atoms with Crippen LogP contribution in [0, 0.1) is 11.6 Å². The molecule has 3 rings (SSSR count). The van der Waals surface area contributed by atoms with Gasteiger partial charge in [0.1, 0.15) is 6.61 Å². The fourth-order valence-corrected chi connectivity index (χ4v) is 3.18. The van der Waals surface area contributed by atoms with Crippen LogP contribution < -0.4 is 9.47 Å². The third-order valence-corrected chi connectivity index (χ3v) is 4.64. The van der Waals surface area contributed by atoms with Gasteiger partial charge in [0.15, 0.2) is 34.1 Å². The van der Waals surface area contributed by atoms with Crippen LogP contribution in [0.2, 0.25) is 0 Å². The van der Waals surface area contributed by atoms with Gasteiger partial charge in [-0.3, -0.25) is 4.57 Å². The molecule has 5 nitrogen and oxygen atoms in total. The van der Waals surface area contributed by atoms with Gasteiger partial charge in [-0.05, 0) is 24.3 Å². The van der Waals surface area contributed by atoms with Crippen LogP contribution in [0.15, 0.2) is 66.3 Å². The molecule has 1 heterocycles. The molecule has 1 aromatic heterocycles. The summed E-state index contributed by atoms with van der Waals surface area (Å²) in [7, 11) is 0. The minimum atomic E-state index is -0.433. The number of hydrogen-bond donors (Lipinski definition) is 0. The lowest BCUT2D eigenvalue weighted by Gasteiger charge is -2.10. The predicted molar refractivity (Wildman–Crippen MR) is 104 cm³/mol. The molecule has 0 N–H and O–H groups in total. The number of para-hydroxylation sites is 2. The van der Waals surface area contributed by atoms with Crippen LogP contribution in [0.25, 0.3) is 0 Å². The summed E-state index contributed by atoms with van der Waals surface area (Å²) in [5.41, 5.74) is 0. The highest BCUT2D eigenvalue weighted by Gasteiger charge is 2.13. The van der Waals surface area contributed by atoms with Crippen LogP contribution in [-0.2, 0) is 13.2 Å². The summed E-state index contributed by atoms with van der Waals surface area (Å²) in [4.78, 5) is 0. The second-order valence-corrected chi connectivity index (χ2v) is 6.71. The standard InChI is InChI=1S/C20H19F2N3O2S/c1-2-11-25-19(14-27-18-10-6-4-8-16(18)22)23-24-20(25)28-13-12-26-17-9-5-3-7-15(17)21/h2-10H,1,11-14H2. The maximum absolute atomic E-state index is 13.7. The average molecular weight is 403 g/mol. The van der Waals surface area contributed by atoms with E-state index in [0.717, 1.165) is 0 Å². The zero-order valence-electron chi connectivity index (χ0n) is 15.1. The lowest BCUT2D eigenvalue weighted by atomic mass is 10.3. The van der Waals surface area contributed by atoms with Gasteiger partial charge in [-0.25, -0.2) is 8.78 Å². The second kappa shape index (κ2) is 9.89. The number of allylic oxidation sites excluding steroid dienone is 1. The molecule has 0 fully saturated rings. The first-order chi connectivity index (χ1) is 13.7. The van der Waals surface area contributed by atoms with Crippen molar-refractivity contribution in [3.63, 3.8) is 0 Å². The van der Waals surface area contributed by atoms with Crippen molar-refractivity contribution < 1.29 is 18.3 Å². The molecule has 0 saturated carbocycles. The Labute approximate surface area is 166 Å². The largest absolute Gasteiger partial charge is 0.490 e. The van der Waals surface area contributed by atoms with Crippen LogP contribution in [0.5, 0.6) is 11.5 Å². The SMILES string of the molecule is C=CCn1c(COc2ccccc2F)nnc1SCCOc1ccccc1F. The summed E-state index contributed by atoms with van der Waals surface area (Å²) in [5.74, 6) is 0.656. The van der Waals surface area contributed by atoms with Gasteiger partial charge in [0, 0.05) is 12.3 Å². The number of ether oxygens (including phenoxy) is 2. The Morgan fingerprint density at radius 1 is 0.964 bits per heavy atom. The van der Waals surface area contributed by atoms with Crippen LogP contribution in [0.1, 0.15) is 5.82 Å². The van der Waals surface area contributed by atoms with Crippen LogP contribution in [0.3, 0.4) is 0 Å². The van der Waals surface area contributed by atoms with Crippen LogP contribution >= 0.6 is 11.8 Å². The molecule has 0 bridgehead atoms. The molecule has 0 radical (unpaired) electrons. The Morgan fingerprint density at radius 3 is 2.25 bits per heavy atom. The number of halogens is 2. The highest BCUT2D eigenvalue weighted by molar-refractivity contribution is 7.99. The third-order valence-electron chi connectivity index (χ3n) is 3.71. The monoisotopic (exact) mass is 403 g/mol. The van der Waals surface area contributed by atoms with Crippen molar-refractivity contribution >= 4 is 11.8 Å². The van der Waals surface area contributed by atoms with Gasteiger partial charge < -0.3 is 9.47 Å². The van der Waals surface area contributed by atoms with E-state index in [0.29, 0.717) is 29.9 Å². The molecule has 0 aliphatic rings. The van der Waals surface area contributed by atoms with Gasteiger partial charge >= 0.3 is 0 Å². The Balaban J connectivity index is 1.58. The van der Waals surface area contributed by atoms with Gasteiger partial charge in [0.2, 0.25) is 0 Å². The molecule has 0 amide bonds. The van der Waals surface area contributed by atoms with Gasteiger partial charge in [-0.1, -0.05) is 42.1 Å². The van der Waals surface area contributed by atoms with Crippen molar-refractivity contribution in [3.05, 3.63) is 78.6 Å². The fourth-order valence-electron chi connectivity index (χ4n) is 2.40. The summed E-state index contributed by atoms with van der Waals surface area (Å²) in [6.07, 6.45) is 1.72. The van der Waals surface area contributed by atoms with Gasteiger partial charge in [-0.15, -0.1) is 16.8 Å². The summed E-state index contributed by atoms with van der Waals surface area (Å²) >= 11 is 1.42. The number of aromatic nitrogens is 3. The van der Waals surface area contributed by atoms with E-state index in [1.807, 2.05) is 4.57 Å². The normalized spacial score (nSPS) is 10.6. The molecule has 28 heavy (non-hydrogen) atoms. The summed E-state index contributed by atoms with van der Waals surface area (Å²) in [6, 6.07) is 12.4. The predicted octanol–water partition coefficient (Wildman–Crippen LogP) is 4.49. The van der Waals surface area contributed by atoms with E-state index in [9.17, 15) is 8.78 Å². The number of hydrogen-bond acceptors (Lipinski definition) is 5. The molecule has 0 atom stereocenters. The van der Waals surface area contributed by atoms with Gasteiger partial charge in [-0.2, -0.15) is 0 Å². The lowest BCUT2D eigenvalue weighted by molar-refractivity contribution is 0.275. The summed E-state index contributed by atoms with van der Waals surface area (Å²) in [6.45, 7) is 4.62. The van der Waals surface area contributed by atoms with Crippen LogP contribution in [0.4, 0.5) is 8.78 Å². The molecule has 0 aliphatic carbocycles. The molecular weight excluding hydrogens is 384 g/mol. The van der Waals surface area contributed by atoms with Crippen molar-refractivity contribution in [2.75, 3.05) is 12.4 Å². The Kier molecular flexibility index (Phi) is 7.02. The molecule has 0 spiro atoms. The summed E-state index contributed by atoms with van der Waals surface area (Å²) in [5, 5.41) is 8.94. The van der Waals surface area contributed by atoms with E-state index >= 15 is 0 Å². The first-order valence-electron chi connectivity index (χ1n) is 8.59. The summed E-state index contributed by atoms with van der Waals surface area (Å²) < 4.78 is 40.0. The zero-order valence-corrected chi connectivity index (χ0v) is 15.9. The van der Waals surface area contributed by atoms with E-state index in [2.05, 4.69) is 16.8 Å². The third kappa shape index (κ3) is 5.10. The van der Waals surface area contributed by atoms with E-state index in [1.165, 1.54) is 23.9 Å². The van der Waals surface area contributed by atoms with E-state index in [1.54, 1.807) is 42.5 Å². The van der Waals surface area contributed by atoms with E-state index < -0.39 is 11.6 Å². The zero-order chi connectivity index (χ0) is 19.8. The molecule has 3 aromatic rings. The Morgan fingerprint density at radius 2 is 1.61 bits per heavy atom. The fraction of sp³-hybridized carbons (Fsp3) is 0.200. The smallest absolute Gasteiger partial charge is 0.191 e. The lowest BCUT2D eigenvalue weighted by Crippen LogP contribution is -2.09. The van der Waals surface area contributed by atoms with Gasteiger partial charge in [0.25, 0.3) is 0 Å². The first kappa shape index (κ1) is 19.9. The van der Waals surface area contributed by atoms with Crippen molar-refractivity contribution in [1.82, 2.24) is 14.8 Å². The first-order valence-corrected chi connectivity index (χ1v) is 9.58. The van der Waals surface area contributed by atoms with E-state index in [4.69, 9.17) is 9.47 Å². The topological polar surface area (TPSA) is 49.2 Å². The second-order valence-electron chi connectivity index (χ2n) is 5.64. The Bertz CT molecular complexity index is 933.